The van der Waals surface area contributed by atoms with Gasteiger partial charge in [-0.2, -0.15) is 0 Å². The number of likely N-dealkylation sites (tertiary alicyclic amines) is 1. The summed E-state index contributed by atoms with van der Waals surface area (Å²) in [6.45, 7) is 3.60. The normalized spacial score (nSPS) is 26.0. The maximum absolute atomic E-state index is 6.03. The lowest BCUT2D eigenvalue weighted by Crippen LogP contribution is -2.33. The van der Waals surface area contributed by atoms with Crippen LogP contribution in [-0.4, -0.2) is 22.6 Å². The predicted molar refractivity (Wildman–Crippen MR) is 86.8 cm³/mol. The van der Waals surface area contributed by atoms with Crippen LogP contribution in [-0.2, 0) is 6.54 Å². The average molecular weight is 301 g/mol. The minimum Gasteiger partial charge on any atom is -0.349 e. The molecule has 2 aliphatic heterocycles. The molecule has 3 heterocycles. The first kappa shape index (κ1) is 13.4. The molecule has 1 aromatic heterocycles. The summed E-state index contributed by atoms with van der Waals surface area (Å²) in [6.07, 6.45) is 6.16. The lowest BCUT2D eigenvalue weighted by atomic mass is 9.87. The summed E-state index contributed by atoms with van der Waals surface area (Å²) in [6, 6.07) is 13.5. The molecular weight excluding hydrogens is 280 g/mol. The third kappa shape index (κ3) is 2.51. The third-order valence-corrected chi connectivity index (χ3v) is 5.31. The number of halogens is 1. The molecule has 4 rings (SSSR count). The Labute approximate surface area is 131 Å². The van der Waals surface area contributed by atoms with Crippen LogP contribution in [0.1, 0.15) is 42.5 Å². The molecule has 110 valence electrons. The lowest BCUT2D eigenvalue weighted by molar-refractivity contribution is 0.189. The summed E-state index contributed by atoms with van der Waals surface area (Å²) >= 11 is 6.03. The standard InChI is InChI=1S/C18H21ClN2/c19-16-7-5-14(6-8-16)15-12-18(20-9-1-2-10-20)17-4-3-11-21(17)13-15/h3-8,11,15,18H,1-2,9-10,12-13H2/t15-,18+/m0/s1. The van der Waals surface area contributed by atoms with Crippen molar-refractivity contribution in [1.29, 1.82) is 0 Å². The van der Waals surface area contributed by atoms with Crippen LogP contribution in [0.4, 0.5) is 0 Å². The highest BCUT2D eigenvalue weighted by Crippen LogP contribution is 2.40. The van der Waals surface area contributed by atoms with E-state index in [1.807, 2.05) is 12.1 Å². The first-order valence-corrected chi connectivity index (χ1v) is 8.33. The van der Waals surface area contributed by atoms with Crippen LogP contribution in [0.2, 0.25) is 5.02 Å². The molecule has 2 nitrogen and oxygen atoms in total. The van der Waals surface area contributed by atoms with Gasteiger partial charge in [0.1, 0.15) is 0 Å². The van der Waals surface area contributed by atoms with Crippen LogP contribution in [0, 0.1) is 0 Å². The Kier molecular flexibility index (Phi) is 3.52. The first-order valence-electron chi connectivity index (χ1n) is 7.96. The van der Waals surface area contributed by atoms with Crippen molar-refractivity contribution in [3.63, 3.8) is 0 Å². The smallest absolute Gasteiger partial charge is 0.0506 e. The summed E-state index contributed by atoms with van der Waals surface area (Å²) in [5.41, 5.74) is 2.92. The van der Waals surface area contributed by atoms with Gasteiger partial charge in [0.15, 0.2) is 0 Å². The van der Waals surface area contributed by atoms with Crippen molar-refractivity contribution in [2.75, 3.05) is 13.1 Å². The molecule has 2 atom stereocenters. The van der Waals surface area contributed by atoms with Gasteiger partial charge in [-0.3, -0.25) is 4.90 Å². The minimum absolute atomic E-state index is 0.580. The topological polar surface area (TPSA) is 8.17 Å². The Morgan fingerprint density at radius 1 is 1.00 bits per heavy atom. The molecule has 0 amide bonds. The fourth-order valence-electron chi connectivity index (χ4n) is 3.96. The number of rotatable bonds is 2. The van der Waals surface area contributed by atoms with Gasteiger partial charge in [0.05, 0.1) is 6.04 Å². The van der Waals surface area contributed by atoms with E-state index in [1.54, 1.807) is 0 Å². The third-order valence-electron chi connectivity index (χ3n) is 5.05. The molecule has 0 N–H and O–H groups in total. The fourth-order valence-corrected chi connectivity index (χ4v) is 4.09. The van der Waals surface area contributed by atoms with Crippen molar-refractivity contribution in [2.45, 2.75) is 37.8 Å². The quantitative estimate of drug-likeness (QED) is 0.794. The van der Waals surface area contributed by atoms with Crippen molar-refractivity contribution in [2.24, 2.45) is 0 Å². The van der Waals surface area contributed by atoms with Gasteiger partial charge >= 0.3 is 0 Å². The van der Waals surface area contributed by atoms with Crippen LogP contribution < -0.4 is 0 Å². The number of benzene rings is 1. The average Bonchev–Trinajstić information content (AvgIpc) is 3.18. The van der Waals surface area contributed by atoms with Crippen LogP contribution >= 0.6 is 11.6 Å². The van der Waals surface area contributed by atoms with Crippen molar-refractivity contribution in [3.05, 3.63) is 58.9 Å². The molecule has 0 saturated carbocycles. The van der Waals surface area contributed by atoms with E-state index in [4.69, 9.17) is 11.6 Å². The van der Waals surface area contributed by atoms with Crippen molar-refractivity contribution < 1.29 is 0 Å². The van der Waals surface area contributed by atoms with E-state index in [1.165, 1.54) is 43.6 Å². The SMILES string of the molecule is Clc1ccc([C@H]2C[C@@H](N3CCCC3)c3cccn3C2)cc1. The number of nitrogens with zero attached hydrogens (tertiary/aromatic N) is 2. The van der Waals surface area contributed by atoms with Gasteiger partial charge in [0.25, 0.3) is 0 Å². The highest BCUT2D eigenvalue weighted by atomic mass is 35.5. The second-order valence-corrected chi connectivity index (χ2v) is 6.76. The summed E-state index contributed by atoms with van der Waals surface area (Å²) in [5.74, 6) is 0.591. The Hall–Kier alpha value is -1.25. The summed E-state index contributed by atoms with van der Waals surface area (Å²) < 4.78 is 2.45. The monoisotopic (exact) mass is 300 g/mol. The van der Waals surface area contributed by atoms with E-state index in [-0.39, 0.29) is 0 Å². The molecule has 3 heteroatoms. The summed E-state index contributed by atoms with van der Waals surface area (Å²) in [7, 11) is 0. The van der Waals surface area contributed by atoms with Crippen LogP contribution in [0.5, 0.6) is 0 Å². The molecule has 0 aliphatic carbocycles. The number of aromatic nitrogens is 1. The summed E-state index contributed by atoms with van der Waals surface area (Å²) in [4.78, 5) is 2.67. The van der Waals surface area contributed by atoms with E-state index >= 15 is 0 Å². The number of fused-ring (bicyclic) bond motifs is 1. The van der Waals surface area contributed by atoms with E-state index in [0.29, 0.717) is 12.0 Å². The molecular formula is C18H21ClN2. The molecule has 0 spiro atoms. The highest BCUT2D eigenvalue weighted by molar-refractivity contribution is 6.30. The van der Waals surface area contributed by atoms with Crippen molar-refractivity contribution in [3.8, 4) is 0 Å². The van der Waals surface area contributed by atoms with Gasteiger partial charge in [-0.1, -0.05) is 23.7 Å². The number of hydrogen-bond acceptors (Lipinski definition) is 1. The number of hydrogen-bond donors (Lipinski definition) is 0. The van der Waals surface area contributed by atoms with Crippen molar-refractivity contribution >= 4 is 11.6 Å². The maximum atomic E-state index is 6.03. The van der Waals surface area contributed by atoms with Gasteiger partial charge in [-0.25, -0.2) is 0 Å². The molecule has 2 aliphatic rings. The summed E-state index contributed by atoms with van der Waals surface area (Å²) in [5, 5.41) is 0.826. The Bertz CT molecular complexity index is 610. The van der Waals surface area contributed by atoms with E-state index in [0.717, 1.165) is 11.6 Å². The first-order chi connectivity index (χ1) is 10.3. The fraction of sp³-hybridized carbons (Fsp3) is 0.444. The van der Waals surface area contributed by atoms with Gasteiger partial charge in [-0.05, 0) is 62.2 Å². The Balaban J connectivity index is 1.65. The Morgan fingerprint density at radius 3 is 2.52 bits per heavy atom. The van der Waals surface area contributed by atoms with Gasteiger partial charge in [0, 0.05) is 29.4 Å². The predicted octanol–water partition coefficient (Wildman–Crippen LogP) is 4.47. The molecule has 21 heavy (non-hydrogen) atoms. The molecule has 0 radical (unpaired) electrons. The molecule has 2 aromatic rings. The maximum Gasteiger partial charge on any atom is 0.0506 e. The zero-order valence-electron chi connectivity index (χ0n) is 12.2. The van der Waals surface area contributed by atoms with Crippen molar-refractivity contribution in [1.82, 2.24) is 9.47 Å². The molecule has 1 fully saturated rings. The van der Waals surface area contributed by atoms with E-state index in [9.17, 15) is 0 Å². The van der Waals surface area contributed by atoms with E-state index < -0.39 is 0 Å². The minimum atomic E-state index is 0.580. The Morgan fingerprint density at radius 2 is 1.76 bits per heavy atom. The zero-order chi connectivity index (χ0) is 14.2. The van der Waals surface area contributed by atoms with Gasteiger partial charge in [-0.15, -0.1) is 0 Å². The highest BCUT2D eigenvalue weighted by Gasteiger charge is 2.32. The van der Waals surface area contributed by atoms with Crippen LogP contribution in [0.3, 0.4) is 0 Å². The van der Waals surface area contributed by atoms with Crippen LogP contribution in [0.25, 0.3) is 0 Å². The molecule has 1 aromatic carbocycles. The zero-order valence-corrected chi connectivity index (χ0v) is 13.0. The molecule has 1 saturated heterocycles. The second kappa shape index (κ2) is 5.51. The largest absolute Gasteiger partial charge is 0.349 e. The van der Waals surface area contributed by atoms with Gasteiger partial charge in [0.2, 0.25) is 0 Å². The van der Waals surface area contributed by atoms with E-state index in [2.05, 4.69) is 39.9 Å². The van der Waals surface area contributed by atoms with Crippen LogP contribution in [0.15, 0.2) is 42.6 Å². The second-order valence-electron chi connectivity index (χ2n) is 6.33. The molecule has 0 unspecified atom stereocenters. The van der Waals surface area contributed by atoms with Gasteiger partial charge < -0.3 is 4.57 Å². The lowest BCUT2D eigenvalue weighted by Gasteiger charge is -2.37. The molecule has 0 bridgehead atoms.